The number of nitrogens with two attached hydrogens (primary N) is 1. The van der Waals surface area contributed by atoms with Gasteiger partial charge in [0, 0.05) is 22.8 Å². The Balaban J connectivity index is 2.27. The Morgan fingerprint density at radius 1 is 1.24 bits per heavy atom. The van der Waals surface area contributed by atoms with Crippen LogP contribution in [0.1, 0.15) is 13.3 Å². The number of phenols is 1. The van der Waals surface area contributed by atoms with Crippen LogP contribution < -0.4 is 5.73 Å². The molecule has 0 unspecified atom stereocenters. The number of hydrogen-bond donors (Lipinski definition) is 2. The van der Waals surface area contributed by atoms with Gasteiger partial charge in [0.15, 0.2) is 0 Å². The Kier molecular flexibility index (Phi) is 3.59. The fourth-order valence-corrected chi connectivity index (χ4v) is 2.85. The largest absolute Gasteiger partial charge is 0.507 e. The second kappa shape index (κ2) is 5.41. The number of aryl methyl sites for hydroxylation is 1. The molecule has 1 aromatic heterocycles. The van der Waals surface area contributed by atoms with Crippen LogP contribution in [0.2, 0.25) is 0 Å². The van der Waals surface area contributed by atoms with Crippen LogP contribution in [0.5, 0.6) is 5.75 Å². The van der Waals surface area contributed by atoms with Crippen LogP contribution in [-0.4, -0.2) is 14.7 Å². The number of imidazole rings is 1. The lowest BCUT2D eigenvalue weighted by molar-refractivity contribution is 0.476. The second-order valence-electron chi connectivity index (χ2n) is 5.00. The predicted molar refractivity (Wildman–Crippen MR) is 89.2 cm³/mol. The Morgan fingerprint density at radius 3 is 2.76 bits per heavy atom. The lowest BCUT2D eigenvalue weighted by Crippen LogP contribution is -2.00. The smallest absolute Gasteiger partial charge is 0.144 e. The fourth-order valence-electron chi connectivity index (χ4n) is 2.50. The van der Waals surface area contributed by atoms with Gasteiger partial charge in [0.05, 0.1) is 16.6 Å². The van der Waals surface area contributed by atoms with Crippen molar-refractivity contribution in [2.75, 3.05) is 5.73 Å². The average Bonchev–Trinajstić information content (AvgIpc) is 2.77. The number of aromatic hydroxyl groups is 1. The number of hydrogen-bond acceptors (Lipinski definition) is 3. The second-order valence-corrected chi connectivity index (χ2v) is 5.91. The number of phenolic OH excluding ortho intramolecular Hbond substituents is 1. The number of nitrogen functional groups attached to an aromatic ring is 1. The van der Waals surface area contributed by atoms with Crippen LogP contribution in [0.25, 0.3) is 22.4 Å². The third kappa shape index (κ3) is 2.49. The third-order valence-corrected chi connectivity index (χ3v) is 3.91. The summed E-state index contributed by atoms with van der Waals surface area (Å²) in [7, 11) is 0. The van der Waals surface area contributed by atoms with Gasteiger partial charge in [-0.25, -0.2) is 4.98 Å². The van der Waals surface area contributed by atoms with E-state index in [1.165, 1.54) is 0 Å². The highest BCUT2D eigenvalue weighted by Gasteiger charge is 2.15. The van der Waals surface area contributed by atoms with Crippen molar-refractivity contribution < 1.29 is 5.11 Å². The molecule has 0 atom stereocenters. The molecule has 21 heavy (non-hydrogen) atoms. The molecule has 4 nitrogen and oxygen atoms in total. The average molecular weight is 346 g/mol. The molecular formula is C16H16BrN3O. The van der Waals surface area contributed by atoms with Gasteiger partial charge in [0.25, 0.3) is 0 Å². The van der Waals surface area contributed by atoms with E-state index in [-0.39, 0.29) is 5.75 Å². The molecule has 5 heteroatoms. The van der Waals surface area contributed by atoms with Crippen LogP contribution in [0.3, 0.4) is 0 Å². The van der Waals surface area contributed by atoms with Gasteiger partial charge in [0.2, 0.25) is 0 Å². The predicted octanol–water partition coefficient (Wildman–Crippen LogP) is 4.16. The summed E-state index contributed by atoms with van der Waals surface area (Å²) in [5, 5.41) is 10.2. The molecular weight excluding hydrogens is 330 g/mol. The van der Waals surface area contributed by atoms with Crippen molar-refractivity contribution in [1.82, 2.24) is 9.55 Å². The maximum Gasteiger partial charge on any atom is 0.144 e. The Hall–Kier alpha value is -2.01. The van der Waals surface area contributed by atoms with E-state index in [1.807, 2.05) is 24.3 Å². The molecule has 108 valence electrons. The maximum absolute atomic E-state index is 10.2. The Bertz CT molecular complexity index is 811. The van der Waals surface area contributed by atoms with Gasteiger partial charge in [-0.15, -0.1) is 0 Å². The highest BCUT2D eigenvalue weighted by atomic mass is 79.9. The van der Waals surface area contributed by atoms with E-state index in [2.05, 4.69) is 32.4 Å². The highest BCUT2D eigenvalue weighted by Crippen LogP contribution is 2.33. The highest BCUT2D eigenvalue weighted by molar-refractivity contribution is 9.10. The zero-order chi connectivity index (χ0) is 15.0. The molecule has 1 heterocycles. The number of anilines is 1. The van der Waals surface area contributed by atoms with Crippen molar-refractivity contribution >= 4 is 32.7 Å². The third-order valence-electron chi connectivity index (χ3n) is 3.42. The molecule has 0 fully saturated rings. The summed E-state index contributed by atoms with van der Waals surface area (Å²) in [4.78, 5) is 4.69. The molecule has 0 saturated heterocycles. The molecule has 0 radical (unpaired) electrons. The van der Waals surface area contributed by atoms with Crippen LogP contribution in [-0.2, 0) is 6.54 Å². The molecule has 3 aromatic rings. The van der Waals surface area contributed by atoms with Crippen LogP contribution in [0, 0.1) is 0 Å². The van der Waals surface area contributed by atoms with Crippen LogP contribution >= 0.6 is 15.9 Å². The minimum absolute atomic E-state index is 0.154. The van der Waals surface area contributed by atoms with Gasteiger partial charge in [-0.1, -0.05) is 22.9 Å². The minimum atomic E-state index is 0.154. The molecule has 0 spiro atoms. The first-order valence-corrected chi connectivity index (χ1v) is 7.64. The number of aromatic nitrogens is 2. The maximum atomic E-state index is 10.2. The van der Waals surface area contributed by atoms with E-state index < -0.39 is 0 Å². The fraction of sp³-hybridized carbons (Fsp3) is 0.188. The number of nitrogens with zero attached hydrogens (tertiary/aromatic N) is 2. The van der Waals surface area contributed by atoms with Crippen molar-refractivity contribution in [2.24, 2.45) is 0 Å². The van der Waals surface area contributed by atoms with Gasteiger partial charge in [-0.05, 0) is 36.8 Å². The molecule has 0 aliphatic heterocycles. The first-order chi connectivity index (χ1) is 10.1. The molecule has 0 aliphatic carbocycles. The molecule has 2 aromatic carbocycles. The zero-order valence-electron chi connectivity index (χ0n) is 11.7. The summed E-state index contributed by atoms with van der Waals surface area (Å²) in [5.41, 5.74) is 8.91. The van der Waals surface area contributed by atoms with E-state index in [1.54, 1.807) is 12.1 Å². The molecule has 0 amide bonds. The number of halogens is 1. The lowest BCUT2D eigenvalue weighted by Gasteiger charge is -2.09. The summed E-state index contributed by atoms with van der Waals surface area (Å²) < 4.78 is 3.12. The zero-order valence-corrected chi connectivity index (χ0v) is 13.3. The molecule has 0 saturated carbocycles. The van der Waals surface area contributed by atoms with Crippen molar-refractivity contribution in [2.45, 2.75) is 19.9 Å². The van der Waals surface area contributed by atoms with E-state index >= 15 is 0 Å². The van der Waals surface area contributed by atoms with Crippen LogP contribution in [0.4, 0.5) is 5.69 Å². The summed E-state index contributed by atoms with van der Waals surface area (Å²) in [6, 6.07) is 11.2. The Labute approximate surface area is 131 Å². The monoisotopic (exact) mass is 345 g/mol. The summed E-state index contributed by atoms with van der Waals surface area (Å²) in [6.07, 6.45) is 0.990. The molecule has 3 N–H and O–H groups in total. The van der Waals surface area contributed by atoms with E-state index in [0.29, 0.717) is 11.3 Å². The summed E-state index contributed by atoms with van der Waals surface area (Å²) in [5.74, 6) is 0.921. The van der Waals surface area contributed by atoms with Crippen molar-refractivity contribution in [3.63, 3.8) is 0 Å². The van der Waals surface area contributed by atoms with Crippen molar-refractivity contribution in [3.05, 3.63) is 40.9 Å². The van der Waals surface area contributed by atoms with E-state index in [0.717, 1.165) is 34.3 Å². The van der Waals surface area contributed by atoms with Crippen LogP contribution in [0.15, 0.2) is 40.9 Å². The van der Waals surface area contributed by atoms with E-state index in [9.17, 15) is 5.11 Å². The van der Waals surface area contributed by atoms with Gasteiger partial charge in [-0.2, -0.15) is 0 Å². The molecule has 0 bridgehead atoms. The number of rotatable bonds is 3. The number of fused-ring (bicyclic) bond motifs is 1. The van der Waals surface area contributed by atoms with Gasteiger partial charge >= 0.3 is 0 Å². The first-order valence-electron chi connectivity index (χ1n) is 6.85. The van der Waals surface area contributed by atoms with Gasteiger partial charge < -0.3 is 15.4 Å². The van der Waals surface area contributed by atoms with Crippen molar-refractivity contribution in [3.8, 4) is 17.1 Å². The quantitative estimate of drug-likeness (QED) is 0.700. The van der Waals surface area contributed by atoms with Gasteiger partial charge in [0.1, 0.15) is 11.6 Å². The number of benzene rings is 2. The molecule has 3 rings (SSSR count). The normalized spacial score (nSPS) is 11.1. The topological polar surface area (TPSA) is 64.1 Å². The van der Waals surface area contributed by atoms with Gasteiger partial charge in [-0.3, -0.25) is 0 Å². The van der Waals surface area contributed by atoms with E-state index in [4.69, 9.17) is 5.73 Å². The lowest BCUT2D eigenvalue weighted by atomic mass is 10.1. The minimum Gasteiger partial charge on any atom is -0.507 e. The molecule has 0 aliphatic rings. The summed E-state index contributed by atoms with van der Waals surface area (Å²) >= 11 is 3.47. The Morgan fingerprint density at radius 2 is 2.05 bits per heavy atom. The van der Waals surface area contributed by atoms with Crippen molar-refractivity contribution in [1.29, 1.82) is 0 Å². The SMILES string of the molecule is CCCn1c(-c2ccc(N)cc2O)nc2cc(Br)ccc21. The summed E-state index contributed by atoms with van der Waals surface area (Å²) in [6.45, 7) is 2.97. The standard InChI is InChI=1S/C16H16BrN3O/c1-2-7-20-14-6-3-10(17)8-13(14)19-16(20)12-5-4-11(18)9-15(12)21/h3-6,8-9,21H,2,7,18H2,1H3. The first kappa shape index (κ1) is 13.9.